The number of hydrogen-bond donors (Lipinski definition) is 0. The molecule has 0 unspecified atom stereocenters. The SMILES string of the molecule is Cc1ccc(F)cc1-c1cc(Cl)ccc1C. The minimum atomic E-state index is -0.222. The van der Waals surface area contributed by atoms with E-state index in [2.05, 4.69) is 0 Å². The molecule has 82 valence electrons. The van der Waals surface area contributed by atoms with Gasteiger partial charge in [0, 0.05) is 5.02 Å². The van der Waals surface area contributed by atoms with Crippen LogP contribution in [0.5, 0.6) is 0 Å². The fraction of sp³-hybridized carbons (Fsp3) is 0.143. The largest absolute Gasteiger partial charge is 0.207 e. The van der Waals surface area contributed by atoms with Crippen LogP contribution in [0.2, 0.25) is 5.02 Å². The molecule has 0 saturated carbocycles. The smallest absolute Gasteiger partial charge is 0.123 e. The molecule has 0 aromatic heterocycles. The van der Waals surface area contributed by atoms with Crippen molar-refractivity contribution < 1.29 is 4.39 Å². The van der Waals surface area contributed by atoms with E-state index in [9.17, 15) is 4.39 Å². The van der Waals surface area contributed by atoms with Gasteiger partial charge in [-0.2, -0.15) is 0 Å². The number of halogens is 2. The maximum atomic E-state index is 13.2. The van der Waals surface area contributed by atoms with Crippen molar-refractivity contribution in [2.75, 3.05) is 0 Å². The summed E-state index contributed by atoms with van der Waals surface area (Å²) in [6.45, 7) is 3.96. The van der Waals surface area contributed by atoms with E-state index in [0.717, 1.165) is 22.3 Å². The van der Waals surface area contributed by atoms with E-state index in [-0.39, 0.29) is 5.82 Å². The molecule has 0 spiro atoms. The second-order valence-corrected chi connectivity index (χ2v) is 4.35. The zero-order chi connectivity index (χ0) is 11.7. The van der Waals surface area contributed by atoms with Gasteiger partial charge in [-0.25, -0.2) is 4.39 Å². The Morgan fingerprint density at radius 1 is 0.875 bits per heavy atom. The van der Waals surface area contributed by atoms with Crippen LogP contribution in [0.3, 0.4) is 0 Å². The van der Waals surface area contributed by atoms with Gasteiger partial charge in [0.2, 0.25) is 0 Å². The number of aryl methyl sites for hydroxylation is 2. The van der Waals surface area contributed by atoms with Gasteiger partial charge in [0.05, 0.1) is 0 Å². The second kappa shape index (κ2) is 4.26. The average Bonchev–Trinajstić information content (AvgIpc) is 2.25. The zero-order valence-electron chi connectivity index (χ0n) is 9.22. The standard InChI is InChI=1S/C14H12ClF/c1-9-3-5-11(15)7-13(9)14-8-12(16)6-4-10(14)2/h3-8H,1-2H3. The summed E-state index contributed by atoms with van der Waals surface area (Å²) in [5.41, 5.74) is 4.04. The van der Waals surface area contributed by atoms with Gasteiger partial charge in [-0.1, -0.05) is 23.7 Å². The lowest BCUT2D eigenvalue weighted by atomic mass is 9.97. The highest BCUT2D eigenvalue weighted by Gasteiger charge is 2.07. The summed E-state index contributed by atoms with van der Waals surface area (Å²) in [6.07, 6.45) is 0. The van der Waals surface area contributed by atoms with Crippen LogP contribution in [0.25, 0.3) is 11.1 Å². The van der Waals surface area contributed by atoms with Crippen LogP contribution in [-0.2, 0) is 0 Å². The van der Waals surface area contributed by atoms with Crippen LogP contribution in [0.15, 0.2) is 36.4 Å². The van der Waals surface area contributed by atoms with E-state index in [1.807, 2.05) is 32.0 Å². The molecule has 0 fully saturated rings. The van der Waals surface area contributed by atoms with E-state index >= 15 is 0 Å². The summed E-state index contributed by atoms with van der Waals surface area (Å²) in [5.74, 6) is -0.222. The lowest BCUT2D eigenvalue weighted by molar-refractivity contribution is 0.628. The summed E-state index contributed by atoms with van der Waals surface area (Å²) >= 11 is 5.97. The molecule has 2 heteroatoms. The predicted molar refractivity (Wildman–Crippen MR) is 66.3 cm³/mol. The lowest BCUT2D eigenvalue weighted by Gasteiger charge is -2.10. The summed E-state index contributed by atoms with van der Waals surface area (Å²) in [4.78, 5) is 0. The monoisotopic (exact) mass is 234 g/mol. The van der Waals surface area contributed by atoms with Gasteiger partial charge in [0.1, 0.15) is 5.82 Å². The van der Waals surface area contributed by atoms with Gasteiger partial charge >= 0.3 is 0 Å². The first-order valence-electron chi connectivity index (χ1n) is 5.10. The minimum Gasteiger partial charge on any atom is -0.207 e. The van der Waals surface area contributed by atoms with Crippen LogP contribution in [0.4, 0.5) is 4.39 Å². The molecule has 0 bridgehead atoms. The van der Waals surface area contributed by atoms with Gasteiger partial charge in [-0.3, -0.25) is 0 Å². The van der Waals surface area contributed by atoms with Crippen LogP contribution in [0, 0.1) is 19.7 Å². The van der Waals surface area contributed by atoms with Crippen LogP contribution in [-0.4, -0.2) is 0 Å². The molecule has 2 aromatic carbocycles. The molecule has 0 saturated heterocycles. The van der Waals surface area contributed by atoms with Gasteiger partial charge < -0.3 is 0 Å². The minimum absolute atomic E-state index is 0.222. The first kappa shape index (κ1) is 11.2. The summed E-state index contributed by atoms with van der Waals surface area (Å²) < 4.78 is 13.2. The highest BCUT2D eigenvalue weighted by Crippen LogP contribution is 2.29. The Labute approximate surface area is 99.7 Å². The van der Waals surface area contributed by atoms with Gasteiger partial charge in [0.25, 0.3) is 0 Å². The first-order valence-corrected chi connectivity index (χ1v) is 5.48. The molecule has 0 aliphatic heterocycles. The molecule has 0 aliphatic rings. The van der Waals surface area contributed by atoms with Crippen LogP contribution in [0.1, 0.15) is 11.1 Å². The predicted octanol–water partition coefficient (Wildman–Crippen LogP) is 4.76. The van der Waals surface area contributed by atoms with Crippen molar-refractivity contribution in [2.45, 2.75) is 13.8 Å². The van der Waals surface area contributed by atoms with Crippen LogP contribution >= 0.6 is 11.6 Å². The van der Waals surface area contributed by atoms with Crippen molar-refractivity contribution >= 4 is 11.6 Å². The quantitative estimate of drug-likeness (QED) is 0.667. The maximum Gasteiger partial charge on any atom is 0.123 e. The third kappa shape index (κ3) is 2.10. The molecule has 0 aliphatic carbocycles. The Hall–Kier alpha value is -1.34. The number of hydrogen-bond acceptors (Lipinski definition) is 0. The fourth-order valence-electron chi connectivity index (χ4n) is 1.77. The van der Waals surface area contributed by atoms with E-state index in [1.54, 1.807) is 12.1 Å². The van der Waals surface area contributed by atoms with Gasteiger partial charge in [-0.05, 0) is 60.4 Å². The van der Waals surface area contributed by atoms with Gasteiger partial charge in [0.15, 0.2) is 0 Å². The molecule has 0 nitrogen and oxygen atoms in total. The van der Waals surface area contributed by atoms with Crippen molar-refractivity contribution in [3.05, 3.63) is 58.4 Å². The Bertz CT molecular complexity index is 483. The summed E-state index contributed by atoms with van der Waals surface area (Å²) in [5, 5.41) is 0.671. The molecular formula is C14H12ClF. The lowest BCUT2D eigenvalue weighted by Crippen LogP contribution is -1.88. The Morgan fingerprint density at radius 2 is 1.44 bits per heavy atom. The number of rotatable bonds is 1. The Balaban J connectivity index is 2.66. The topological polar surface area (TPSA) is 0 Å². The molecule has 0 radical (unpaired) electrons. The van der Waals surface area contributed by atoms with E-state index in [4.69, 9.17) is 11.6 Å². The molecule has 2 aromatic rings. The Morgan fingerprint density at radius 3 is 2.12 bits per heavy atom. The normalized spacial score (nSPS) is 10.5. The molecule has 0 amide bonds. The van der Waals surface area contributed by atoms with Crippen molar-refractivity contribution in [3.63, 3.8) is 0 Å². The average molecular weight is 235 g/mol. The zero-order valence-corrected chi connectivity index (χ0v) is 9.98. The molecule has 0 atom stereocenters. The molecule has 2 rings (SSSR count). The summed E-state index contributed by atoms with van der Waals surface area (Å²) in [6, 6.07) is 10.5. The van der Waals surface area contributed by atoms with Gasteiger partial charge in [-0.15, -0.1) is 0 Å². The highest BCUT2D eigenvalue weighted by atomic mass is 35.5. The van der Waals surface area contributed by atoms with Crippen molar-refractivity contribution in [1.82, 2.24) is 0 Å². The molecule has 0 N–H and O–H groups in total. The summed E-state index contributed by atoms with van der Waals surface area (Å²) in [7, 11) is 0. The molecular weight excluding hydrogens is 223 g/mol. The van der Waals surface area contributed by atoms with Crippen molar-refractivity contribution in [1.29, 1.82) is 0 Å². The van der Waals surface area contributed by atoms with Crippen molar-refractivity contribution in [3.8, 4) is 11.1 Å². The maximum absolute atomic E-state index is 13.2. The third-order valence-corrected chi connectivity index (χ3v) is 2.92. The first-order chi connectivity index (χ1) is 7.58. The second-order valence-electron chi connectivity index (χ2n) is 3.92. The highest BCUT2D eigenvalue weighted by molar-refractivity contribution is 6.30. The van der Waals surface area contributed by atoms with E-state index in [1.165, 1.54) is 6.07 Å². The van der Waals surface area contributed by atoms with Crippen molar-refractivity contribution in [2.24, 2.45) is 0 Å². The van der Waals surface area contributed by atoms with Crippen LogP contribution < -0.4 is 0 Å². The van der Waals surface area contributed by atoms with E-state index < -0.39 is 0 Å². The van der Waals surface area contributed by atoms with E-state index in [0.29, 0.717) is 5.02 Å². The Kier molecular flexibility index (Phi) is 2.97. The molecule has 0 heterocycles. The number of benzene rings is 2. The fourth-order valence-corrected chi connectivity index (χ4v) is 1.94. The molecule has 16 heavy (non-hydrogen) atoms. The third-order valence-electron chi connectivity index (χ3n) is 2.69.